The zero-order valence-corrected chi connectivity index (χ0v) is 11.5. The van der Waals surface area contributed by atoms with E-state index in [0.717, 1.165) is 15.2 Å². The fourth-order valence-corrected chi connectivity index (χ4v) is 2.05. The van der Waals surface area contributed by atoms with E-state index >= 15 is 0 Å². The zero-order chi connectivity index (χ0) is 13.2. The molecule has 0 aliphatic rings. The average molecular weight is 316 g/mol. The van der Waals surface area contributed by atoms with Gasteiger partial charge in [-0.15, -0.1) is 0 Å². The van der Waals surface area contributed by atoms with Crippen LogP contribution >= 0.6 is 15.9 Å². The van der Waals surface area contributed by atoms with E-state index in [1.807, 2.05) is 30.3 Å². The Bertz CT molecular complexity index is 726. The number of ether oxygens (including phenoxy) is 1. The predicted molar refractivity (Wildman–Crippen MR) is 77.6 cm³/mol. The van der Waals surface area contributed by atoms with Crippen molar-refractivity contribution in [1.29, 1.82) is 0 Å². The lowest BCUT2D eigenvalue weighted by Crippen LogP contribution is -1.87. The summed E-state index contributed by atoms with van der Waals surface area (Å²) in [6.45, 7) is 0. The second-order valence-electron chi connectivity index (χ2n) is 4.11. The summed E-state index contributed by atoms with van der Waals surface area (Å²) in [4.78, 5) is 4.15. The molecule has 3 aromatic rings. The van der Waals surface area contributed by atoms with E-state index in [-0.39, 0.29) is 5.75 Å². The molecular formula is C15H10BrNO2. The SMILES string of the molecule is Oc1ccc2ccc(Oc3ccc(Br)cn3)cc2c1. The molecule has 0 spiro atoms. The van der Waals surface area contributed by atoms with Crippen molar-refractivity contribution in [1.82, 2.24) is 4.98 Å². The first-order chi connectivity index (χ1) is 9.20. The van der Waals surface area contributed by atoms with Gasteiger partial charge >= 0.3 is 0 Å². The molecule has 0 bridgehead atoms. The molecule has 1 heterocycles. The summed E-state index contributed by atoms with van der Waals surface area (Å²) in [5.41, 5.74) is 0. The van der Waals surface area contributed by atoms with Crippen LogP contribution in [0.4, 0.5) is 0 Å². The second-order valence-corrected chi connectivity index (χ2v) is 5.03. The molecule has 1 N–H and O–H groups in total. The summed E-state index contributed by atoms with van der Waals surface area (Å²) < 4.78 is 6.57. The summed E-state index contributed by atoms with van der Waals surface area (Å²) in [6.07, 6.45) is 1.68. The summed E-state index contributed by atoms with van der Waals surface area (Å²) in [6, 6.07) is 14.6. The minimum Gasteiger partial charge on any atom is -0.508 e. The number of phenolic OH excluding ortho intramolecular Hbond substituents is 1. The highest BCUT2D eigenvalue weighted by Crippen LogP contribution is 2.27. The average Bonchev–Trinajstić information content (AvgIpc) is 2.41. The molecule has 4 heteroatoms. The predicted octanol–water partition coefficient (Wildman–Crippen LogP) is 4.50. The van der Waals surface area contributed by atoms with E-state index in [2.05, 4.69) is 20.9 Å². The van der Waals surface area contributed by atoms with Crippen molar-refractivity contribution in [3.8, 4) is 17.4 Å². The lowest BCUT2D eigenvalue weighted by molar-refractivity contribution is 0.463. The van der Waals surface area contributed by atoms with Gasteiger partial charge < -0.3 is 9.84 Å². The molecule has 3 nitrogen and oxygen atoms in total. The number of hydrogen-bond donors (Lipinski definition) is 1. The Kier molecular flexibility index (Phi) is 3.09. The Hall–Kier alpha value is -2.07. The van der Waals surface area contributed by atoms with Gasteiger partial charge in [0.15, 0.2) is 0 Å². The first-order valence-electron chi connectivity index (χ1n) is 5.73. The normalized spacial score (nSPS) is 10.6. The number of aromatic hydroxyl groups is 1. The molecular weight excluding hydrogens is 306 g/mol. The maximum atomic E-state index is 9.48. The first kappa shape index (κ1) is 12.0. The Morgan fingerprint density at radius 1 is 0.947 bits per heavy atom. The smallest absolute Gasteiger partial charge is 0.219 e. The van der Waals surface area contributed by atoms with Crippen LogP contribution in [0.2, 0.25) is 0 Å². The molecule has 1 aromatic heterocycles. The van der Waals surface area contributed by atoms with E-state index in [1.165, 1.54) is 0 Å². The van der Waals surface area contributed by atoms with Crippen molar-refractivity contribution in [3.63, 3.8) is 0 Å². The highest BCUT2D eigenvalue weighted by atomic mass is 79.9. The lowest BCUT2D eigenvalue weighted by Gasteiger charge is -2.06. The van der Waals surface area contributed by atoms with Crippen LogP contribution in [0.15, 0.2) is 59.2 Å². The van der Waals surface area contributed by atoms with Crippen molar-refractivity contribution in [2.24, 2.45) is 0 Å². The van der Waals surface area contributed by atoms with Gasteiger partial charge in [0.25, 0.3) is 0 Å². The molecule has 0 aliphatic carbocycles. The third-order valence-corrected chi connectivity index (χ3v) is 3.19. The van der Waals surface area contributed by atoms with Crippen molar-refractivity contribution < 1.29 is 9.84 Å². The minimum absolute atomic E-state index is 0.242. The third kappa shape index (κ3) is 2.69. The summed E-state index contributed by atoms with van der Waals surface area (Å²) in [5, 5.41) is 11.5. The number of aromatic nitrogens is 1. The summed E-state index contributed by atoms with van der Waals surface area (Å²) in [5.74, 6) is 1.46. The number of rotatable bonds is 2. The molecule has 0 radical (unpaired) electrons. The van der Waals surface area contributed by atoms with E-state index in [4.69, 9.17) is 4.74 Å². The van der Waals surface area contributed by atoms with Crippen molar-refractivity contribution >= 4 is 26.7 Å². The van der Waals surface area contributed by atoms with Crippen LogP contribution in [0.3, 0.4) is 0 Å². The second kappa shape index (κ2) is 4.90. The maximum Gasteiger partial charge on any atom is 0.219 e. The standard InChI is InChI=1S/C15H10BrNO2/c16-12-3-6-15(17-9-12)19-14-5-2-10-1-4-13(18)7-11(10)8-14/h1-9,18H. The Labute approximate surface area is 118 Å². The molecule has 0 fully saturated rings. The van der Waals surface area contributed by atoms with Crippen LogP contribution in [0.1, 0.15) is 0 Å². The fraction of sp³-hybridized carbons (Fsp3) is 0. The number of nitrogens with zero attached hydrogens (tertiary/aromatic N) is 1. The Balaban J connectivity index is 1.94. The number of halogens is 1. The van der Waals surface area contributed by atoms with Crippen molar-refractivity contribution in [2.75, 3.05) is 0 Å². The van der Waals surface area contributed by atoms with Gasteiger partial charge in [0.05, 0.1) is 0 Å². The maximum absolute atomic E-state index is 9.48. The Morgan fingerprint density at radius 3 is 2.58 bits per heavy atom. The topological polar surface area (TPSA) is 42.4 Å². The largest absolute Gasteiger partial charge is 0.508 e. The molecule has 0 aliphatic heterocycles. The fourth-order valence-electron chi connectivity index (χ4n) is 1.82. The molecule has 2 aromatic carbocycles. The first-order valence-corrected chi connectivity index (χ1v) is 6.52. The number of hydrogen-bond acceptors (Lipinski definition) is 3. The van der Waals surface area contributed by atoms with Gasteiger partial charge in [-0.2, -0.15) is 0 Å². The molecule has 19 heavy (non-hydrogen) atoms. The van der Waals surface area contributed by atoms with Crippen LogP contribution in [-0.2, 0) is 0 Å². The number of phenols is 1. The van der Waals surface area contributed by atoms with E-state index in [1.54, 1.807) is 24.4 Å². The monoisotopic (exact) mass is 315 g/mol. The van der Waals surface area contributed by atoms with E-state index in [0.29, 0.717) is 11.6 Å². The van der Waals surface area contributed by atoms with E-state index < -0.39 is 0 Å². The zero-order valence-electron chi connectivity index (χ0n) is 9.88. The van der Waals surface area contributed by atoms with Gasteiger partial charge in [0.2, 0.25) is 5.88 Å². The minimum atomic E-state index is 0.242. The molecule has 3 rings (SSSR count). The van der Waals surface area contributed by atoms with Gasteiger partial charge in [0, 0.05) is 16.7 Å². The summed E-state index contributed by atoms with van der Waals surface area (Å²) in [7, 11) is 0. The van der Waals surface area contributed by atoms with E-state index in [9.17, 15) is 5.11 Å². The van der Waals surface area contributed by atoms with Crippen LogP contribution in [0, 0.1) is 0 Å². The van der Waals surface area contributed by atoms with Crippen LogP contribution < -0.4 is 4.74 Å². The quantitative estimate of drug-likeness (QED) is 0.757. The molecule has 94 valence electrons. The highest BCUT2D eigenvalue weighted by molar-refractivity contribution is 9.10. The van der Waals surface area contributed by atoms with Gasteiger partial charge in [0.1, 0.15) is 11.5 Å². The number of pyridine rings is 1. The van der Waals surface area contributed by atoms with Crippen molar-refractivity contribution in [2.45, 2.75) is 0 Å². The van der Waals surface area contributed by atoms with Crippen molar-refractivity contribution in [3.05, 3.63) is 59.2 Å². The summed E-state index contributed by atoms with van der Waals surface area (Å²) >= 11 is 3.33. The third-order valence-electron chi connectivity index (χ3n) is 2.72. The van der Waals surface area contributed by atoms with Crippen LogP contribution in [-0.4, -0.2) is 10.1 Å². The highest BCUT2D eigenvalue weighted by Gasteiger charge is 2.01. The molecule has 0 unspecified atom stereocenters. The van der Waals surface area contributed by atoms with Crippen LogP contribution in [0.5, 0.6) is 17.4 Å². The molecule has 0 saturated carbocycles. The van der Waals surface area contributed by atoms with Crippen LogP contribution in [0.25, 0.3) is 10.8 Å². The van der Waals surface area contributed by atoms with Gasteiger partial charge in [-0.05, 0) is 57.0 Å². The number of fused-ring (bicyclic) bond motifs is 1. The Morgan fingerprint density at radius 2 is 1.79 bits per heavy atom. The van der Waals surface area contributed by atoms with Gasteiger partial charge in [-0.3, -0.25) is 0 Å². The molecule has 0 atom stereocenters. The molecule has 0 amide bonds. The van der Waals surface area contributed by atoms with Gasteiger partial charge in [-0.25, -0.2) is 4.98 Å². The molecule has 0 saturated heterocycles. The van der Waals surface area contributed by atoms with Gasteiger partial charge in [-0.1, -0.05) is 12.1 Å². The lowest BCUT2D eigenvalue weighted by atomic mass is 10.1. The number of benzene rings is 2.